The van der Waals surface area contributed by atoms with E-state index in [1.165, 1.54) is 20.3 Å². The maximum Gasteiger partial charge on any atom is 0.346 e. The summed E-state index contributed by atoms with van der Waals surface area (Å²) in [5.41, 5.74) is 4.93. The van der Waals surface area contributed by atoms with Crippen LogP contribution >= 0.6 is 0 Å². The van der Waals surface area contributed by atoms with Crippen molar-refractivity contribution in [3.05, 3.63) is 119 Å². The fraction of sp³-hybridized carbons (Fsp3) is 0.0625. The fourth-order valence-corrected chi connectivity index (χ4v) is 4.01. The van der Waals surface area contributed by atoms with Crippen LogP contribution in [0.15, 0.2) is 103 Å². The Hall–Kier alpha value is -5.28. The second-order valence-electron chi connectivity index (χ2n) is 8.24. The summed E-state index contributed by atoms with van der Waals surface area (Å²) < 4.78 is 11.0. The molecule has 6 heteroatoms. The number of methoxy groups -OCH3 is 2. The van der Waals surface area contributed by atoms with E-state index in [2.05, 4.69) is 41.3 Å². The van der Waals surface area contributed by atoms with E-state index in [1.807, 2.05) is 60.7 Å². The first kappa shape index (κ1) is 25.8. The van der Waals surface area contributed by atoms with E-state index in [1.54, 1.807) is 18.2 Å². The molecule has 4 rings (SSSR count). The van der Waals surface area contributed by atoms with E-state index < -0.39 is 11.5 Å². The zero-order chi connectivity index (χ0) is 26.9. The number of ether oxygens (including phenoxy) is 2. The number of para-hydroxylation sites is 2. The first-order valence-corrected chi connectivity index (χ1v) is 11.8. The topological polar surface area (TPSA) is 82.8 Å². The summed E-state index contributed by atoms with van der Waals surface area (Å²) in [4.78, 5) is 13.5. The molecule has 0 unspecified atom stereocenters. The lowest BCUT2D eigenvalue weighted by atomic mass is 10.0. The Morgan fingerprint density at radius 3 is 1.76 bits per heavy atom. The Bertz CT molecular complexity index is 1460. The van der Waals surface area contributed by atoms with Gasteiger partial charge in [-0.2, -0.15) is 5.26 Å². The molecule has 0 aliphatic rings. The number of benzene rings is 4. The van der Waals surface area contributed by atoms with Gasteiger partial charge in [0.25, 0.3) is 0 Å². The van der Waals surface area contributed by atoms with Crippen LogP contribution in [-0.4, -0.2) is 25.3 Å². The highest BCUT2D eigenvalue weighted by molar-refractivity contribution is 5.97. The molecule has 0 aromatic heterocycles. The minimum Gasteiger partial charge on any atom is -0.496 e. The number of aliphatic carboxylic acids is 1. The van der Waals surface area contributed by atoms with Gasteiger partial charge in [-0.25, -0.2) is 4.79 Å². The highest BCUT2D eigenvalue weighted by atomic mass is 16.5. The van der Waals surface area contributed by atoms with Gasteiger partial charge >= 0.3 is 5.97 Å². The molecule has 1 N–H and O–H groups in total. The Morgan fingerprint density at radius 1 is 0.763 bits per heavy atom. The highest BCUT2D eigenvalue weighted by Crippen LogP contribution is 2.35. The highest BCUT2D eigenvalue weighted by Gasteiger charge is 2.13. The minimum atomic E-state index is -1.31. The van der Waals surface area contributed by atoms with E-state index in [4.69, 9.17) is 14.7 Å². The number of rotatable bonds is 9. The van der Waals surface area contributed by atoms with Gasteiger partial charge in [-0.05, 0) is 60.2 Å². The van der Waals surface area contributed by atoms with Gasteiger partial charge in [0.15, 0.2) is 0 Å². The number of carbonyl (C=O) groups is 1. The number of anilines is 3. The largest absolute Gasteiger partial charge is 0.496 e. The van der Waals surface area contributed by atoms with Crippen molar-refractivity contribution in [1.29, 1.82) is 5.26 Å². The molecule has 0 saturated carbocycles. The average Bonchev–Trinajstić information content (AvgIpc) is 2.96. The molecule has 38 heavy (non-hydrogen) atoms. The molecule has 4 aromatic rings. The standard InChI is InChI=1S/C32H26N2O4/c1-37-30-21-25(19-26(22-33)32(35)36)31(38-2)20-24(30)16-13-23-14-17-29(18-15-23)34(27-9-5-3-6-10-27)28-11-7-4-8-12-28/h3-21H,1-2H3,(H,35,36)/b16-13+,26-19+. The molecule has 0 aliphatic carbocycles. The quantitative estimate of drug-likeness (QED) is 0.147. The molecule has 0 heterocycles. The van der Waals surface area contributed by atoms with Crippen LogP contribution in [0.3, 0.4) is 0 Å². The predicted molar refractivity (Wildman–Crippen MR) is 151 cm³/mol. The lowest BCUT2D eigenvalue weighted by molar-refractivity contribution is -0.132. The van der Waals surface area contributed by atoms with Gasteiger partial charge in [0, 0.05) is 28.2 Å². The maximum absolute atomic E-state index is 11.3. The SMILES string of the molecule is COc1cc(/C=C(\C#N)C(=O)O)c(OC)cc1/C=C/c1ccc(N(c2ccccc2)c2ccccc2)cc1. The van der Waals surface area contributed by atoms with Crippen molar-refractivity contribution in [3.8, 4) is 17.6 Å². The van der Waals surface area contributed by atoms with Gasteiger partial charge in [-0.3, -0.25) is 0 Å². The van der Waals surface area contributed by atoms with E-state index in [9.17, 15) is 9.90 Å². The van der Waals surface area contributed by atoms with Crippen LogP contribution in [0.5, 0.6) is 11.5 Å². The maximum atomic E-state index is 11.3. The van der Waals surface area contributed by atoms with Crippen LogP contribution in [0.25, 0.3) is 18.2 Å². The lowest BCUT2D eigenvalue weighted by Crippen LogP contribution is -2.09. The van der Waals surface area contributed by atoms with Crippen molar-refractivity contribution in [2.45, 2.75) is 0 Å². The van der Waals surface area contributed by atoms with Gasteiger partial charge in [-0.1, -0.05) is 60.7 Å². The van der Waals surface area contributed by atoms with E-state index >= 15 is 0 Å². The molecule has 0 aliphatic heterocycles. The van der Waals surface area contributed by atoms with Crippen LogP contribution in [0, 0.1) is 11.3 Å². The lowest BCUT2D eigenvalue weighted by Gasteiger charge is -2.25. The number of nitriles is 1. The molecule has 6 nitrogen and oxygen atoms in total. The van der Waals surface area contributed by atoms with Gasteiger partial charge < -0.3 is 19.5 Å². The van der Waals surface area contributed by atoms with Crippen molar-refractivity contribution in [2.24, 2.45) is 0 Å². The number of nitrogens with zero attached hydrogens (tertiary/aromatic N) is 2. The van der Waals surface area contributed by atoms with Crippen LogP contribution in [-0.2, 0) is 4.79 Å². The Morgan fingerprint density at radius 2 is 1.26 bits per heavy atom. The van der Waals surface area contributed by atoms with Crippen molar-refractivity contribution in [2.75, 3.05) is 19.1 Å². The molecule has 0 spiro atoms. The number of hydrogen-bond donors (Lipinski definition) is 1. The van der Waals surface area contributed by atoms with Gasteiger partial charge in [0.05, 0.1) is 14.2 Å². The first-order valence-electron chi connectivity index (χ1n) is 11.8. The Balaban J connectivity index is 1.65. The Kier molecular flexibility index (Phi) is 8.22. The normalized spacial score (nSPS) is 11.1. The molecule has 0 amide bonds. The van der Waals surface area contributed by atoms with Gasteiger partial charge in [0.1, 0.15) is 23.1 Å². The summed E-state index contributed by atoms with van der Waals surface area (Å²) in [5.74, 6) is -0.359. The molecule has 0 radical (unpaired) electrons. The monoisotopic (exact) mass is 502 g/mol. The third-order valence-corrected chi connectivity index (χ3v) is 5.87. The van der Waals surface area contributed by atoms with Crippen molar-refractivity contribution < 1.29 is 19.4 Å². The third kappa shape index (κ3) is 5.92. The molecule has 0 bridgehead atoms. The molecule has 0 fully saturated rings. The smallest absolute Gasteiger partial charge is 0.346 e. The zero-order valence-electron chi connectivity index (χ0n) is 21.0. The summed E-state index contributed by atoms with van der Waals surface area (Å²) >= 11 is 0. The predicted octanol–water partition coefficient (Wildman–Crippen LogP) is 7.34. The van der Waals surface area contributed by atoms with Gasteiger partial charge in [0.2, 0.25) is 0 Å². The Labute approximate surface area is 221 Å². The second-order valence-corrected chi connectivity index (χ2v) is 8.24. The second kappa shape index (κ2) is 12.1. The number of hydrogen-bond acceptors (Lipinski definition) is 5. The number of carboxylic acid groups (broad SMARTS) is 1. The van der Waals surface area contributed by atoms with Crippen LogP contribution in [0.4, 0.5) is 17.1 Å². The van der Waals surface area contributed by atoms with Crippen molar-refractivity contribution in [3.63, 3.8) is 0 Å². The van der Waals surface area contributed by atoms with Gasteiger partial charge in [-0.15, -0.1) is 0 Å². The summed E-state index contributed by atoms with van der Waals surface area (Å²) in [7, 11) is 3.02. The van der Waals surface area contributed by atoms with Crippen LogP contribution in [0.2, 0.25) is 0 Å². The molecule has 0 saturated heterocycles. The molecule has 0 atom stereocenters. The summed E-state index contributed by atoms with van der Waals surface area (Å²) in [6, 6.07) is 33.7. The van der Waals surface area contributed by atoms with E-state index in [-0.39, 0.29) is 0 Å². The first-order chi connectivity index (χ1) is 18.5. The molecule has 4 aromatic carbocycles. The van der Waals surface area contributed by atoms with Crippen molar-refractivity contribution >= 4 is 41.3 Å². The van der Waals surface area contributed by atoms with Crippen molar-refractivity contribution in [1.82, 2.24) is 0 Å². The number of carboxylic acids is 1. The van der Waals surface area contributed by atoms with E-state index in [0.717, 1.165) is 28.2 Å². The summed E-state index contributed by atoms with van der Waals surface area (Å²) in [6.45, 7) is 0. The van der Waals surface area contributed by atoms with E-state index in [0.29, 0.717) is 17.1 Å². The van der Waals surface area contributed by atoms with Crippen LogP contribution in [0.1, 0.15) is 16.7 Å². The molecular formula is C32H26N2O4. The fourth-order valence-electron chi connectivity index (χ4n) is 4.01. The third-order valence-electron chi connectivity index (χ3n) is 5.87. The van der Waals surface area contributed by atoms with Crippen LogP contribution < -0.4 is 14.4 Å². The zero-order valence-corrected chi connectivity index (χ0v) is 21.0. The summed E-state index contributed by atoms with van der Waals surface area (Å²) in [5, 5.41) is 18.3. The molecule has 188 valence electrons. The summed E-state index contributed by atoms with van der Waals surface area (Å²) in [6.07, 6.45) is 5.13. The minimum absolute atomic E-state index is 0.395. The molecular weight excluding hydrogens is 476 g/mol. The average molecular weight is 503 g/mol.